The summed E-state index contributed by atoms with van der Waals surface area (Å²) in [6.07, 6.45) is 69.7. The number of esters is 3. The number of carbonyl (C=O) groups is 3. The number of allylic oxidation sites excluding steroid dienone is 16. The van der Waals surface area contributed by atoms with E-state index in [1.54, 1.807) is 0 Å². The van der Waals surface area contributed by atoms with Crippen LogP contribution in [0.4, 0.5) is 0 Å². The first-order valence-electron chi connectivity index (χ1n) is 26.7. The minimum Gasteiger partial charge on any atom is -0.462 e. The molecule has 6 nitrogen and oxygen atoms in total. The van der Waals surface area contributed by atoms with E-state index in [1.165, 1.54) is 96.3 Å². The van der Waals surface area contributed by atoms with Gasteiger partial charge in [-0.3, -0.25) is 14.4 Å². The first-order valence-corrected chi connectivity index (χ1v) is 26.7. The van der Waals surface area contributed by atoms with Gasteiger partial charge in [0, 0.05) is 19.3 Å². The molecule has 0 N–H and O–H groups in total. The second-order valence-corrected chi connectivity index (χ2v) is 17.4. The van der Waals surface area contributed by atoms with Gasteiger partial charge in [0.05, 0.1) is 0 Å². The Balaban J connectivity index is 4.46. The van der Waals surface area contributed by atoms with Crippen molar-refractivity contribution in [1.29, 1.82) is 0 Å². The van der Waals surface area contributed by atoms with Crippen molar-refractivity contribution in [1.82, 2.24) is 0 Å². The number of rotatable bonds is 47. The van der Waals surface area contributed by atoms with E-state index in [9.17, 15) is 14.4 Å². The first kappa shape index (κ1) is 61.3. The van der Waals surface area contributed by atoms with E-state index < -0.39 is 6.10 Å². The molecule has 0 aromatic carbocycles. The summed E-state index contributed by atoms with van der Waals surface area (Å²) in [5.74, 6) is -1.01. The Hall–Kier alpha value is -3.67. The molecule has 0 amide bonds. The lowest BCUT2D eigenvalue weighted by Crippen LogP contribution is -2.30. The SMILES string of the molecule is CC/C=C\C/C=C\C/C=C\C/C=C\CCC(=O)OCC(COC(=O)CCCCCCCCCCC/C=C\C/C=C\CCCCC)OC(=O)CCCCCCC/C=C\C/C=C\CCCCC. The average Bonchev–Trinajstić information content (AvgIpc) is 3.30. The molecule has 0 aromatic rings. The molecule has 0 saturated heterocycles. The Morgan fingerprint density at radius 1 is 0.323 bits per heavy atom. The predicted molar refractivity (Wildman–Crippen MR) is 279 cm³/mol. The normalized spacial score (nSPS) is 12.8. The average molecular weight is 903 g/mol. The van der Waals surface area contributed by atoms with Gasteiger partial charge in [0.1, 0.15) is 13.2 Å². The number of unbranched alkanes of at least 4 members (excludes halogenated alkanes) is 20. The lowest BCUT2D eigenvalue weighted by atomic mass is 10.1. The zero-order valence-corrected chi connectivity index (χ0v) is 42.2. The fraction of sp³-hybridized carbons (Fsp3) is 0.678. The molecule has 0 heterocycles. The molecule has 370 valence electrons. The Morgan fingerprint density at radius 2 is 0.631 bits per heavy atom. The molecule has 0 spiro atoms. The van der Waals surface area contributed by atoms with Gasteiger partial charge in [-0.05, 0) is 109 Å². The van der Waals surface area contributed by atoms with Crippen LogP contribution in [0.5, 0.6) is 0 Å². The maximum absolute atomic E-state index is 12.8. The third kappa shape index (κ3) is 51.2. The molecule has 0 aliphatic rings. The second kappa shape index (κ2) is 52.9. The minimum absolute atomic E-state index is 0.108. The fourth-order valence-corrected chi connectivity index (χ4v) is 7.04. The van der Waals surface area contributed by atoms with Crippen LogP contribution in [0, 0.1) is 0 Å². The topological polar surface area (TPSA) is 78.9 Å². The summed E-state index contributed by atoms with van der Waals surface area (Å²) in [5, 5.41) is 0. The van der Waals surface area contributed by atoms with Gasteiger partial charge in [-0.1, -0.05) is 208 Å². The molecule has 0 aliphatic heterocycles. The maximum atomic E-state index is 12.8. The summed E-state index contributed by atoms with van der Waals surface area (Å²) < 4.78 is 16.7. The van der Waals surface area contributed by atoms with Crippen LogP contribution in [-0.4, -0.2) is 37.2 Å². The summed E-state index contributed by atoms with van der Waals surface area (Å²) in [6, 6.07) is 0. The zero-order valence-electron chi connectivity index (χ0n) is 42.2. The van der Waals surface area contributed by atoms with Gasteiger partial charge in [0.15, 0.2) is 6.10 Å². The Morgan fingerprint density at radius 3 is 1.03 bits per heavy atom. The van der Waals surface area contributed by atoms with Gasteiger partial charge in [-0.2, -0.15) is 0 Å². The Bertz CT molecular complexity index is 1310. The summed E-state index contributed by atoms with van der Waals surface area (Å²) in [5.41, 5.74) is 0. The smallest absolute Gasteiger partial charge is 0.306 e. The second-order valence-electron chi connectivity index (χ2n) is 17.4. The molecule has 0 aliphatic carbocycles. The van der Waals surface area contributed by atoms with E-state index in [0.717, 1.165) is 96.3 Å². The van der Waals surface area contributed by atoms with E-state index >= 15 is 0 Å². The highest BCUT2D eigenvalue weighted by Crippen LogP contribution is 2.14. The molecular weight excluding hydrogens is 805 g/mol. The summed E-state index contributed by atoms with van der Waals surface area (Å²) >= 11 is 0. The van der Waals surface area contributed by atoms with E-state index in [0.29, 0.717) is 19.3 Å². The Kier molecular flexibility index (Phi) is 50.0. The van der Waals surface area contributed by atoms with E-state index in [1.807, 2.05) is 12.2 Å². The lowest BCUT2D eigenvalue weighted by molar-refractivity contribution is -0.166. The minimum atomic E-state index is -0.816. The van der Waals surface area contributed by atoms with Crippen LogP contribution in [0.3, 0.4) is 0 Å². The predicted octanol–water partition coefficient (Wildman–Crippen LogP) is 17.8. The maximum Gasteiger partial charge on any atom is 0.306 e. The van der Waals surface area contributed by atoms with Gasteiger partial charge in [-0.15, -0.1) is 0 Å². The van der Waals surface area contributed by atoms with E-state index in [2.05, 4.69) is 106 Å². The standard InChI is InChI=1S/C59H98O6/c1-4-7-10-13-16-19-22-25-27-28-29-30-32-34-37-40-43-46-49-52-58(61)64-55-56(54-63-57(60)51-48-45-42-39-36-33-24-21-18-15-12-9-6-3)65-59(62)53-50-47-44-41-38-35-31-26-23-20-17-14-11-8-5-2/h9,12,16-21,25-27,31,33,36,42,45,56H,4-8,10-11,13-15,22-24,28-30,32,34-35,37-41,43-44,46-55H2,1-3H3/b12-9-,19-16-,20-17-,21-18-,27-25-,31-26-,36-33-,45-42-. The molecule has 1 atom stereocenters. The van der Waals surface area contributed by atoms with Gasteiger partial charge in [-0.25, -0.2) is 0 Å². The first-order chi connectivity index (χ1) is 32.0. The number of hydrogen-bond donors (Lipinski definition) is 0. The van der Waals surface area contributed by atoms with E-state index in [4.69, 9.17) is 14.2 Å². The van der Waals surface area contributed by atoms with Crippen molar-refractivity contribution >= 4 is 17.9 Å². The monoisotopic (exact) mass is 903 g/mol. The quantitative estimate of drug-likeness (QED) is 0.0262. The summed E-state index contributed by atoms with van der Waals surface area (Å²) in [4.78, 5) is 38.0. The molecule has 0 bridgehead atoms. The van der Waals surface area contributed by atoms with Crippen molar-refractivity contribution in [2.45, 2.75) is 245 Å². The number of hydrogen-bond acceptors (Lipinski definition) is 6. The van der Waals surface area contributed by atoms with Crippen LogP contribution in [0.15, 0.2) is 97.2 Å². The highest BCUT2D eigenvalue weighted by atomic mass is 16.6. The fourth-order valence-electron chi connectivity index (χ4n) is 7.04. The van der Waals surface area contributed by atoms with Crippen LogP contribution >= 0.6 is 0 Å². The lowest BCUT2D eigenvalue weighted by Gasteiger charge is -2.18. The molecule has 6 heteroatoms. The summed E-state index contributed by atoms with van der Waals surface area (Å²) in [6.45, 7) is 6.39. The van der Waals surface area contributed by atoms with Crippen LogP contribution in [-0.2, 0) is 28.6 Å². The van der Waals surface area contributed by atoms with Crippen molar-refractivity contribution in [2.75, 3.05) is 13.2 Å². The van der Waals surface area contributed by atoms with Crippen LogP contribution < -0.4 is 0 Å². The molecular formula is C59H98O6. The Labute approximate surface area is 400 Å². The van der Waals surface area contributed by atoms with Gasteiger partial charge in [0.25, 0.3) is 0 Å². The van der Waals surface area contributed by atoms with Crippen molar-refractivity contribution < 1.29 is 28.6 Å². The van der Waals surface area contributed by atoms with Crippen molar-refractivity contribution in [2.24, 2.45) is 0 Å². The molecule has 65 heavy (non-hydrogen) atoms. The number of ether oxygens (including phenoxy) is 3. The summed E-state index contributed by atoms with van der Waals surface area (Å²) in [7, 11) is 0. The van der Waals surface area contributed by atoms with Crippen molar-refractivity contribution in [3.05, 3.63) is 97.2 Å². The third-order valence-corrected chi connectivity index (χ3v) is 11.1. The van der Waals surface area contributed by atoms with Gasteiger partial charge < -0.3 is 14.2 Å². The van der Waals surface area contributed by atoms with Crippen molar-refractivity contribution in [3.8, 4) is 0 Å². The molecule has 0 saturated carbocycles. The molecule has 0 aromatic heterocycles. The van der Waals surface area contributed by atoms with Crippen LogP contribution in [0.1, 0.15) is 239 Å². The van der Waals surface area contributed by atoms with Gasteiger partial charge in [0.2, 0.25) is 0 Å². The molecule has 0 rings (SSSR count). The largest absolute Gasteiger partial charge is 0.462 e. The highest BCUT2D eigenvalue weighted by Gasteiger charge is 2.19. The van der Waals surface area contributed by atoms with Crippen LogP contribution in [0.25, 0.3) is 0 Å². The molecule has 0 radical (unpaired) electrons. The van der Waals surface area contributed by atoms with Crippen molar-refractivity contribution in [3.63, 3.8) is 0 Å². The number of carbonyl (C=O) groups excluding carboxylic acids is 3. The van der Waals surface area contributed by atoms with E-state index in [-0.39, 0.29) is 37.5 Å². The molecule has 0 fully saturated rings. The third-order valence-electron chi connectivity index (χ3n) is 11.1. The highest BCUT2D eigenvalue weighted by molar-refractivity contribution is 5.71. The van der Waals surface area contributed by atoms with Gasteiger partial charge >= 0.3 is 17.9 Å². The molecule has 1 unspecified atom stereocenters. The van der Waals surface area contributed by atoms with Crippen LogP contribution in [0.2, 0.25) is 0 Å². The zero-order chi connectivity index (χ0) is 47.2.